The van der Waals surface area contributed by atoms with E-state index < -0.39 is 0 Å². The first-order chi connectivity index (χ1) is 17.6. The van der Waals surface area contributed by atoms with Crippen LogP contribution >= 0.6 is 0 Å². The number of H-pyrrole nitrogens is 1. The monoisotopic (exact) mass is 476 g/mol. The van der Waals surface area contributed by atoms with Crippen LogP contribution in [0.15, 0.2) is 54.6 Å². The molecule has 1 aromatic heterocycles. The highest BCUT2D eigenvalue weighted by Crippen LogP contribution is 2.64. The Morgan fingerprint density at radius 2 is 1.89 bits per heavy atom. The van der Waals surface area contributed by atoms with E-state index in [1.165, 1.54) is 53.9 Å². The number of allylic oxidation sites excluding steroid dienone is 1. The Morgan fingerprint density at radius 3 is 2.72 bits per heavy atom. The summed E-state index contributed by atoms with van der Waals surface area (Å²) in [7, 11) is 1.91. The van der Waals surface area contributed by atoms with Crippen molar-refractivity contribution in [2.75, 3.05) is 25.0 Å². The molecule has 2 fully saturated rings. The first-order valence-corrected chi connectivity index (χ1v) is 13.3. The number of carbonyl (C=O) groups excluding carboxylic acids is 1. The number of likely N-dealkylation sites (N-methyl/N-ethyl adjacent to an activating group) is 1. The smallest absolute Gasteiger partial charge is 0.237 e. The van der Waals surface area contributed by atoms with Gasteiger partial charge in [0.25, 0.3) is 0 Å². The van der Waals surface area contributed by atoms with Gasteiger partial charge in [-0.2, -0.15) is 5.10 Å². The van der Waals surface area contributed by atoms with E-state index in [2.05, 4.69) is 81.9 Å². The summed E-state index contributed by atoms with van der Waals surface area (Å²) in [6.07, 6.45) is 13.3. The van der Waals surface area contributed by atoms with Crippen LogP contribution < -0.4 is 4.90 Å². The normalized spacial score (nSPS) is 26.8. The summed E-state index contributed by atoms with van der Waals surface area (Å²) in [5, 5.41) is 7.91. The van der Waals surface area contributed by atoms with Gasteiger partial charge in [-0.25, -0.2) is 0 Å². The summed E-state index contributed by atoms with van der Waals surface area (Å²) < 4.78 is 0. The summed E-state index contributed by atoms with van der Waals surface area (Å²) >= 11 is 0. The second kappa shape index (κ2) is 8.31. The molecule has 1 saturated carbocycles. The second-order valence-electron chi connectivity index (χ2n) is 10.9. The molecule has 1 unspecified atom stereocenters. The number of carbonyl (C=O) groups is 1. The Bertz CT molecular complexity index is 1380. The second-order valence-corrected chi connectivity index (χ2v) is 10.9. The van der Waals surface area contributed by atoms with Gasteiger partial charge < -0.3 is 4.90 Å². The van der Waals surface area contributed by atoms with Crippen LogP contribution in [-0.4, -0.2) is 41.1 Å². The van der Waals surface area contributed by atoms with Crippen molar-refractivity contribution in [3.63, 3.8) is 0 Å². The molecule has 5 nitrogen and oxygen atoms in total. The fourth-order valence-corrected chi connectivity index (χ4v) is 6.81. The molecule has 1 spiro atoms. The zero-order valence-electron chi connectivity index (χ0n) is 20.8. The van der Waals surface area contributed by atoms with Crippen molar-refractivity contribution in [3.8, 4) is 0 Å². The SMILES string of the molecule is CN1C(=O)[C@@]2(C[C@H]2C2C=Cc3c(/C=C/c4ccc(CN5CCCC5)cc4)n[nH]c3C2)c2ccccc21. The van der Waals surface area contributed by atoms with Crippen LogP contribution in [0.25, 0.3) is 18.2 Å². The van der Waals surface area contributed by atoms with Crippen LogP contribution in [0.3, 0.4) is 0 Å². The first kappa shape index (κ1) is 21.8. The zero-order valence-corrected chi connectivity index (χ0v) is 20.8. The van der Waals surface area contributed by atoms with Gasteiger partial charge in [-0.1, -0.05) is 60.7 Å². The summed E-state index contributed by atoms with van der Waals surface area (Å²) in [5.74, 6) is 0.955. The Labute approximate surface area is 212 Å². The van der Waals surface area contributed by atoms with Gasteiger partial charge in [0, 0.05) is 30.5 Å². The fraction of sp³-hybridized carbons (Fsp3) is 0.355. The van der Waals surface area contributed by atoms with E-state index in [1.54, 1.807) is 0 Å². The Balaban J connectivity index is 1.05. The van der Waals surface area contributed by atoms with Crippen molar-refractivity contribution < 1.29 is 4.79 Å². The van der Waals surface area contributed by atoms with Gasteiger partial charge in [0.2, 0.25) is 5.91 Å². The molecular weight excluding hydrogens is 444 g/mol. The van der Waals surface area contributed by atoms with E-state index in [1.807, 2.05) is 18.0 Å². The van der Waals surface area contributed by atoms with Crippen LogP contribution in [0.1, 0.15) is 52.9 Å². The number of rotatable bonds is 5. The van der Waals surface area contributed by atoms with Gasteiger partial charge in [0.1, 0.15) is 0 Å². The molecule has 2 aliphatic carbocycles. The molecule has 2 aromatic carbocycles. The molecule has 3 atom stereocenters. The average Bonchev–Trinajstić information content (AvgIpc) is 3.14. The van der Waals surface area contributed by atoms with E-state index >= 15 is 0 Å². The van der Waals surface area contributed by atoms with Crippen molar-refractivity contribution in [1.29, 1.82) is 0 Å². The molecule has 0 bridgehead atoms. The van der Waals surface area contributed by atoms with Crippen molar-refractivity contribution in [3.05, 3.63) is 88.2 Å². The number of hydrogen-bond donors (Lipinski definition) is 1. The number of aromatic amines is 1. The molecule has 7 rings (SSSR count). The van der Waals surface area contributed by atoms with Crippen LogP contribution in [0, 0.1) is 11.8 Å². The molecule has 182 valence electrons. The van der Waals surface area contributed by atoms with E-state index in [9.17, 15) is 4.79 Å². The number of anilines is 1. The number of nitrogens with zero attached hydrogens (tertiary/aromatic N) is 3. The highest BCUT2D eigenvalue weighted by Gasteiger charge is 2.67. The van der Waals surface area contributed by atoms with Gasteiger partial charge in [-0.3, -0.25) is 14.8 Å². The molecule has 1 saturated heterocycles. The number of aromatic nitrogens is 2. The number of amides is 1. The number of likely N-dealkylation sites (tertiary alicyclic amines) is 1. The molecular formula is C31H32N4O. The molecule has 1 N–H and O–H groups in total. The van der Waals surface area contributed by atoms with Gasteiger partial charge in [0.05, 0.1) is 11.1 Å². The highest BCUT2D eigenvalue weighted by molar-refractivity contribution is 6.10. The highest BCUT2D eigenvalue weighted by atomic mass is 16.2. The lowest BCUT2D eigenvalue weighted by atomic mass is 9.84. The van der Waals surface area contributed by atoms with Crippen molar-refractivity contribution in [2.45, 2.75) is 37.6 Å². The number of fused-ring (bicyclic) bond motifs is 3. The maximum Gasteiger partial charge on any atom is 0.237 e. The molecule has 36 heavy (non-hydrogen) atoms. The first-order valence-electron chi connectivity index (χ1n) is 13.3. The lowest BCUT2D eigenvalue weighted by Crippen LogP contribution is -2.31. The summed E-state index contributed by atoms with van der Waals surface area (Å²) in [6.45, 7) is 3.50. The molecule has 5 heteroatoms. The molecule has 3 heterocycles. The van der Waals surface area contributed by atoms with Gasteiger partial charge in [0.15, 0.2) is 0 Å². The maximum atomic E-state index is 13.2. The quantitative estimate of drug-likeness (QED) is 0.544. The predicted octanol–water partition coefficient (Wildman–Crippen LogP) is 5.30. The number of nitrogens with one attached hydrogen (secondary N) is 1. The fourth-order valence-electron chi connectivity index (χ4n) is 6.81. The third-order valence-corrected chi connectivity index (χ3v) is 8.84. The predicted molar refractivity (Wildman–Crippen MR) is 144 cm³/mol. The molecule has 4 aliphatic rings. The lowest BCUT2D eigenvalue weighted by molar-refractivity contribution is -0.120. The number of hydrogen-bond acceptors (Lipinski definition) is 3. The Morgan fingerprint density at radius 1 is 1.08 bits per heavy atom. The van der Waals surface area contributed by atoms with E-state index in [0.29, 0.717) is 11.8 Å². The molecule has 3 aromatic rings. The van der Waals surface area contributed by atoms with E-state index in [0.717, 1.165) is 30.8 Å². The molecule has 2 aliphatic heterocycles. The largest absolute Gasteiger partial charge is 0.314 e. The topological polar surface area (TPSA) is 52.2 Å². The van der Waals surface area contributed by atoms with Gasteiger partial charge >= 0.3 is 0 Å². The minimum absolute atomic E-state index is 0.257. The lowest BCUT2D eigenvalue weighted by Gasteiger charge is -2.19. The average molecular weight is 477 g/mol. The molecule has 1 amide bonds. The van der Waals surface area contributed by atoms with Crippen LogP contribution in [0.5, 0.6) is 0 Å². The summed E-state index contributed by atoms with van der Waals surface area (Å²) in [5.41, 5.74) is 7.86. The van der Waals surface area contributed by atoms with Gasteiger partial charge in [-0.15, -0.1) is 0 Å². The zero-order chi connectivity index (χ0) is 24.3. The van der Waals surface area contributed by atoms with E-state index in [-0.39, 0.29) is 11.3 Å². The van der Waals surface area contributed by atoms with Crippen molar-refractivity contribution >= 4 is 29.8 Å². The third-order valence-electron chi connectivity index (χ3n) is 8.84. The van der Waals surface area contributed by atoms with Crippen LogP contribution in [-0.2, 0) is 23.2 Å². The van der Waals surface area contributed by atoms with Crippen LogP contribution in [0.4, 0.5) is 5.69 Å². The standard InChI is InChI=1S/C31H32N4O/c1-34-29-7-3-2-6-25(29)31(30(34)36)19-26(31)23-13-14-24-27(32-33-28(24)18-23)15-12-21-8-10-22(11-9-21)20-35-16-4-5-17-35/h2-3,6-15,23,26H,4-5,16-20H2,1H3,(H,32,33)/b15-12+/t23?,26-,31-/m0/s1. The van der Waals surface area contributed by atoms with Gasteiger partial charge in [-0.05, 0) is 79.4 Å². The summed E-state index contributed by atoms with van der Waals surface area (Å²) in [4.78, 5) is 17.6. The van der Waals surface area contributed by atoms with E-state index in [4.69, 9.17) is 0 Å². The minimum atomic E-state index is -0.332. The Hall–Kier alpha value is -3.44. The minimum Gasteiger partial charge on any atom is -0.314 e. The maximum absolute atomic E-state index is 13.2. The van der Waals surface area contributed by atoms with Crippen molar-refractivity contribution in [2.24, 2.45) is 11.8 Å². The third kappa shape index (κ3) is 3.40. The molecule has 0 radical (unpaired) electrons. The number of benzene rings is 2. The van der Waals surface area contributed by atoms with Crippen LogP contribution in [0.2, 0.25) is 0 Å². The summed E-state index contributed by atoms with van der Waals surface area (Å²) in [6, 6.07) is 17.2. The Kier molecular flexibility index (Phi) is 5.03. The van der Waals surface area contributed by atoms with Crippen molar-refractivity contribution in [1.82, 2.24) is 15.1 Å². The number of para-hydroxylation sites is 1.